The van der Waals surface area contributed by atoms with E-state index in [1.54, 1.807) is 66.9 Å². The summed E-state index contributed by atoms with van der Waals surface area (Å²) in [5.41, 5.74) is -0.308. The fourth-order valence-corrected chi connectivity index (χ4v) is 12.3. The quantitative estimate of drug-likeness (QED) is 0.118. The molecule has 422 valence electrons. The van der Waals surface area contributed by atoms with Gasteiger partial charge in [-0.15, -0.1) is 29.7 Å². The van der Waals surface area contributed by atoms with E-state index in [1.807, 2.05) is 59.2 Å². The summed E-state index contributed by atoms with van der Waals surface area (Å²) in [6, 6.07) is 47.4. The number of furan rings is 1. The van der Waals surface area contributed by atoms with Crippen molar-refractivity contribution in [2.75, 3.05) is 0 Å². The number of para-hydroxylation sites is 2. The van der Waals surface area contributed by atoms with Gasteiger partial charge < -0.3 is 18.3 Å². The van der Waals surface area contributed by atoms with Crippen LogP contribution in [0.15, 0.2) is 229 Å². The smallest absolute Gasteiger partial charge is 0.268 e. The van der Waals surface area contributed by atoms with Gasteiger partial charge >= 0.3 is 0 Å². The Balaban J connectivity index is 0.00000915. The number of pyridine rings is 1. The first-order chi connectivity index (χ1) is 50.1. The number of imidazole rings is 1. The third-order valence-corrected chi connectivity index (χ3v) is 16.3. The van der Waals surface area contributed by atoms with E-state index < -0.39 is 98.0 Å². The van der Waals surface area contributed by atoms with Gasteiger partial charge in [-0.25, -0.2) is 4.98 Å². The Morgan fingerprint density at radius 3 is 1.84 bits per heavy atom. The van der Waals surface area contributed by atoms with Crippen LogP contribution < -0.4 is 9.30 Å². The van der Waals surface area contributed by atoms with Gasteiger partial charge in [0.1, 0.15) is 17.0 Å². The molecule has 0 spiro atoms. The molecule has 0 unspecified atom stereocenters. The van der Waals surface area contributed by atoms with E-state index in [9.17, 15) is 11.0 Å². The first-order valence-electron chi connectivity index (χ1n) is 37.9. The molecule has 11 aromatic carbocycles. The normalized spacial score (nSPS) is 15.9. The topological polar surface area (TPSA) is 49.0 Å². The minimum atomic E-state index is -3.00. The molecule has 1 aliphatic rings. The van der Waals surface area contributed by atoms with Crippen LogP contribution in [0.1, 0.15) is 76.0 Å². The number of fused-ring (bicyclic) bond motifs is 13. The van der Waals surface area contributed by atoms with Gasteiger partial charge in [0.25, 0.3) is 6.33 Å². The van der Waals surface area contributed by atoms with Crippen LogP contribution in [0.3, 0.4) is 0 Å². The van der Waals surface area contributed by atoms with Gasteiger partial charge in [0.15, 0.2) is 0 Å². The summed E-state index contributed by atoms with van der Waals surface area (Å²) in [6.07, 6.45) is 5.32. The first kappa shape index (κ1) is 36.2. The number of hydrogen-bond acceptors (Lipinski definition) is 3. The van der Waals surface area contributed by atoms with Crippen molar-refractivity contribution in [3.63, 3.8) is 0 Å². The molecule has 7 heteroatoms. The number of aryl methyl sites for hydroxylation is 4. The van der Waals surface area contributed by atoms with E-state index in [1.165, 1.54) is 63.7 Å². The van der Waals surface area contributed by atoms with E-state index >= 15 is 0 Å². The number of aromatic nitrogens is 4. The maximum Gasteiger partial charge on any atom is 0.268 e. The van der Waals surface area contributed by atoms with Gasteiger partial charge in [-0.2, -0.15) is 18.2 Å². The van der Waals surface area contributed by atoms with Crippen molar-refractivity contribution in [1.82, 2.24) is 14.1 Å². The molecule has 4 aromatic heterocycles. The zero-order valence-electron chi connectivity index (χ0n) is 66.7. The Morgan fingerprint density at radius 1 is 0.517 bits per heavy atom. The zero-order chi connectivity index (χ0) is 75.1. The summed E-state index contributed by atoms with van der Waals surface area (Å²) in [4.78, 5) is 4.85. The van der Waals surface area contributed by atoms with Crippen LogP contribution in [0.4, 0.5) is 0 Å². The molecule has 6 nitrogen and oxygen atoms in total. The van der Waals surface area contributed by atoms with Gasteiger partial charge in [0, 0.05) is 71.5 Å². The van der Waals surface area contributed by atoms with E-state index in [0.29, 0.717) is 38.8 Å². The zero-order valence-corrected chi connectivity index (χ0v) is 48.9. The second kappa shape index (κ2) is 20.7. The Labute approximate surface area is 548 Å². The molecular weight excluding hydrogens is 1240 g/mol. The average Bonchev–Trinajstić information content (AvgIpc) is 1.56. The first-order valence-corrected chi connectivity index (χ1v) is 27.9. The van der Waals surface area contributed by atoms with Crippen LogP contribution in [0.5, 0.6) is 11.5 Å². The molecule has 0 amide bonds. The summed E-state index contributed by atoms with van der Waals surface area (Å²) in [5.74, 6) is 1.02. The number of rotatable bonds is 7. The van der Waals surface area contributed by atoms with Crippen LogP contribution in [0.25, 0.3) is 139 Å². The third-order valence-electron chi connectivity index (χ3n) is 16.3. The molecule has 0 atom stereocenters. The molecule has 16 rings (SSSR count). The SMILES string of the molecule is [2H]c1c([2H])c([2H])c2c(c1[2H])-c1cc(-c3c(C([2H])([2H])[2H])cccc3C([2H])([2H])[2H])cc(-c3ccc4oc5ccccc5c4c3)c1-[n+]1[c-]n(-c3[c-]c(Oc4[c-]c5c(cc4)c4ccccc4n5-c4cc(C(C)(C)C)ccn4)ccc3)c3cc(-c4c(C([2H])([2H])[2H])cccc4C([2H])([2H])[2H])cc(c31)-c1c([2H])c([2H])c([2H])c([2H])c1-2.[Pt]. The van der Waals surface area contributed by atoms with Crippen molar-refractivity contribution in [2.24, 2.45) is 0 Å². The molecule has 15 aromatic rings. The fourth-order valence-electron chi connectivity index (χ4n) is 12.3. The van der Waals surface area contributed by atoms with Gasteiger partial charge in [-0.05, 0) is 193 Å². The monoisotopic (exact) mass is 1320 g/mol. The van der Waals surface area contributed by atoms with Crippen molar-refractivity contribution in [3.8, 4) is 95.5 Å². The molecular formula is C80H58N4O2Pt-2. The molecule has 0 N–H and O–H groups in total. The van der Waals surface area contributed by atoms with Crippen LogP contribution in [-0.2, 0) is 26.5 Å². The van der Waals surface area contributed by atoms with E-state index in [-0.39, 0.29) is 122 Å². The molecule has 1 aliphatic heterocycles. The minimum Gasteiger partial charge on any atom is -0.510 e. The summed E-state index contributed by atoms with van der Waals surface area (Å²) in [5, 5.41) is 3.04. The maximum absolute atomic E-state index is 10.3. The van der Waals surface area contributed by atoms with Crippen LogP contribution in [0.2, 0.25) is 0 Å². The summed E-state index contributed by atoms with van der Waals surface area (Å²) >= 11 is 0. The average molecular weight is 1320 g/mol. The van der Waals surface area contributed by atoms with Gasteiger partial charge in [-0.3, -0.25) is 4.57 Å². The largest absolute Gasteiger partial charge is 0.510 e. The van der Waals surface area contributed by atoms with Crippen molar-refractivity contribution in [3.05, 3.63) is 271 Å². The van der Waals surface area contributed by atoms with Gasteiger partial charge in [-0.1, -0.05) is 160 Å². The molecule has 0 saturated carbocycles. The predicted octanol–water partition coefficient (Wildman–Crippen LogP) is 20.3. The Kier molecular flexibility index (Phi) is 8.61. The van der Waals surface area contributed by atoms with Crippen LogP contribution in [0, 0.1) is 45.9 Å². The molecule has 0 radical (unpaired) electrons. The van der Waals surface area contributed by atoms with Crippen molar-refractivity contribution in [1.29, 1.82) is 0 Å². The molecule has 87 heavy (non-hydrogen) atoms. The van der Waals surface area contributed by atoms with E-state index in [4.69, 9.17) is 30.6 Å². The summed E-state index contributed by atoms with van der Waals surface area (Å²) in [6.45, 7) is -5.63. The minimum absolute atomic E-state index is 0. The summed E-state index contributed by atoms with van der Waals surface area (Å²) in [7, 11) is 0. The summed E-state index contributed by atoms with van der Waals surface area (Å²) < 4.78 is 205. The molecule has 0 bridgehead atoms. The number of nitrogens with zero attached hydrogens (tertiary/aromatic N) is 4. The second-order valence-electron chi connectivity index (χ2n) is 22.4. The fraction of sp³-hybridized carbons (Fsp3) is 0.100. The number of ether oxygens (including phenoxy) is 1. The third kappa shape index (κ3) is 8.79. The van der Waals surface area contributed by atoms with Gasteiger partial charge in [0.2, 0.25) is 0 Å². The number of benzene rings is 11. The van der Waals surface area contributed by atoms with Crippen LogP contribution in [-0.4, -0.2) is 14.1 Å². The molecule has 0 fully saturated rings. The van der Waals surface area contributed by atoms with Crippen molar-refractivity contribution >= 4 is 54.8 Å². The Bertz CT molecular complexity index is 6230. The van der Waals surface area contributed by atoms with Crippen molar-refractivity contribution in [2.45, 2.75) is 53.6 Å². The standard InChI is InChI=1S/C80H58N4O2.Pt/c1-48-19-16-20-49(2)76(48)53-40-66(52-33-36-74-67(39-52)65-30-13-15-32-73(65)86-74)78-68(41-53)61-27-10-8-25-59(61)60-26-9-11-28-62(60)69-42-54(77-50(3)21-17-22-51(77)4)43-72-79(69)83(78)47-82(72)56-23-18-24-57(45-56)85-58-34-35-64-63-29-12-14-31-70(63)84(71(64)46-58)75-44-55(37-38-81-75)80(5,6)7;/h8-44H,1-7H3;/q-2;/i1D3,2D3,3D3,4D3,8D,9D,10D,11D,25D,26D,27D,28D;. The molecule has 0 saturated heterocycles. The number of hydrogen-bond donors (Lipinski definition) is 0. The Hall–Kier alpha value is -9.87. The predicted molar refractivity (Wildman–Crippen MR) is 351 cm³/mol. The van der Waals surface area contributed by atoms with E-state index in [0.717, 1.165) is 21.9 Å². The maximum atomic E-state index is 10.3. The van der Waals surface area contributed by atoms with Crippen molar-refractivity contribution < 1.29 is 62.2 Å². The van der Waals surface area contributed by atoms with Crippen LogP contribution >= 0.6 is 0 Å². The second-order valence-corrected chi connectivity index (χ2v) is 22.4. The molecule has 0 aliphatic carbocycles. The van der Waals surface area contributed by atoms with E-state index in [2.05, 4.69) is 39.2 Å². The Morgan fingerprint density at radius 2 is 1.13 bits per heavy atom. The van der Waals surface area contributed by atoms with Gasteiger partial charge in [0.05, 0.1) is 27.7 Å². The molecule has 5 heterocycles.